The van der Waals surface area contributed by atoms with E-state index in [-0.39, 0.29) is 11.3 Å². The fraction of sp³-hybridized carbons (Fsp3) is 0.923. The van der Waals surface area contributed by atoms with Gasteiger partial charge in [0.1, 0.15) is 0 Å². The highest BCUT2D eigenvalue weighted by molar-refractivity contribution is 5.82. The SMILES string of the molecule is CC(C)(C)C(N)C(=O)NC(C1CC1)C1CC1. The maximum absolute atomic E-state index is 12.0. The van der Waals surface area contributed by atoms with Gasteiger partial charge in [-0.15, -0.1) is 0 Å². The second-order valence-electron chi connectivity index (χ2n) is 6.55. The Bertz CT molecular complexity index is 262. The average molecular weight is 224 g/mol. The molecule has 0 aromatic heterocycles. The molecule has 0 heterocycles. The summed E-state index contributed by atoms with van der Waals surface area (Å²) in [5, 5.41) is 3.18. The summed E-state index contributed by atoms with van der Waals surface area (Å²) in [6.45, 7) is 6.04. The first kappa shape index (κ1) is 11.9. The highest BCUT2D eigenvalue weighted by Gasteiger charge is 2.43. The minimum atomic E-state index is -0.396. The fourth-order valence-electron chi connectivity index (χ4n) is 2.18. The molecular weight excluding hydrogens is 200 g/mol. The molecule has 92 valence electrons. The molecule has 0 radical (unpaired) electrons. The molecule has 0 aromatic rings. The Hall–Kier alpha value is -0.570. The van der Waals surface area contributed by atoms with Gasteiger partial charge in [-0.3, -0.25) is 4.79 Å². The van der Waals surface area contributed by atoms with E-state index in [1.807, 2.05) is 20.8 Å². The number of hydrogen-bond donors (Lipinski definition) is 2. The second-order valence-corrected chi connectivity index (χ2v) is 6.55. The van der Waals surface area contributed by atoms with Gasteiger partial charge in [0.25, 0.3) is 0 Å². The molecule has 0 aliphatic heterocycles. The Labute approximate surface area is 98.2 Å². The number of rotatable bonds is 4. The third-order valence-corrected chi connectivity index (χ3v) is 3.78. The van der Waals surface area contributed by atoms with Crippen LogP contribution < -0.4 is 11.1 Å². The number of carbonyl (C=O) groups is 1. The van der Waals surface area contributed by atoms with Crippen LogP contribution in [0.2, 0.25) is 0 Å². The van der Waals surface area contributed by atoms with Crippen LogP contribution in [0.3, 0.4) is 0 Å². The van der Waals surface area contributed by atoms with Gasteiger partial charge in [0.15, 0.2) is 0 Å². The molecule has 3 nitrogen and oxygen atoms in total. The van der Waals surface area contributed by atoms with Crippen LogP contribution >= 0.6 is 0 Å². The molecule has 2 rings (SSSR count). The summed E-state index contributed by atoms with van der Waals surface area (Å²) in [4.78, 5) is 12.0. The van der Waals surface area contributed by atoms with Crippen molar-refractivity contribution in [2.75, 3.05) is 0 Å². The lowest BCUT2D eigenvalue weighted by atomic mass is 9.86. The van der Waals surface area contributed by atoms with Crippen LogP contribution in [0.15, 0.2) is 0 Å². The normalized spacial score (nSPS) is 23.3. The molecule has 2 aliphatic carbocycles. The van der Waals surface area contributed by atoms with E-state index in [1.165, 1.54) is 25.7 Å². The summed E-state index contributed by atoms with van der Waals surface area (Å²) in [6.07, 6.45) is 5.14. The van der Waals surface area contributed by atoms with E-state index in [9.17, 15) is 4.79 Å². The Kier molecular flexibility index (Phi) is 2.99. The van der Waals surface area contributed by atoms with Gasteiger partial charge in [0.05, 0.1) is 6.04 Å². The Morgan fingerprint density at radius 1 is 1.19 bits per heavy atom. The lowest BCUT2D eigenvalue weighted by Gasteiger charge is -2.28. The number of nitrogens with two attached hydrogens (primary N) is 1. The molecule has 3 heteroatoms. The molecule has 1 unspecified atom stereocenters. The summed E-state index contributed by atoms with van der Waals surface area (Å²) in [5.74, 6) is 1.52. The summed E-state index contributed by atoms with van der Waals surface area (Å²) >= 11 is 0. The van der Waals surface area contributed by atoms with Gasteiger partial charge in [-0.25, -0.2) is 0 Å². The molecule has 0 spiro atoms. The van der Waals surface area contributed by atoms with Crippen LogP contribution in [0.25, 0.3) is 0 Å². The molecule has 1 atom stereocenters. The first-order chi connectivity index (χ1) is 7.39. The van der Waals surface area contributed by atoms with Crippen molar-refractivity contribution in [1.82, 2.24) is 5.32 Å². The molecule has 2 fully saturated rings. The van der Waals surface area contributed by atoms with Crippen molar-refractivity contribution in [3.63, 3.8) is 0 Å². The highest BCUT2D eigenvalue weighted by Crippen LogP contribution is 2.44. The van der Waals surface area contributed by atoms with Crippen molar-refractivity contribution in [2.24, 2.45) is 23.0 Å². The van der Waals surface area contributed by atoms with Crippen molar-refractivity contribution in [1.29, 1.82) is 0 Å². The predicted molar refractivity (Wildman–Crippen MR) is 64.8 cm³/mol. The molecule has 1 amide bonds. The molecule has 0 saturated heterocycles. The molecular formula is C13H24N2O. The van der Waals surface area contributed by atoms with E-state index in [4.69, 9.17) is 5.73 Å². The van der Waals surface area contributed by atoms with Crippen molar-refractivity contribution in [3.05, 3.63) is 0 Å². The summed E-state index contributed by atoms with van der Waals surface area (Å²) in [6, 6.07) is 0.0217. The quantitative estimate of drug-likeness (QED) is 0.763. The zero-order valence-corrected chi connectivity index (χ0v) is 10.6. The van der Waals surface area contributed by atoms with Crippen molar-refractivity contribution < 1.29 is 4.79 Å². The van der Waals surface area contributed by atoms with Gasteiger partial charge in [0, 0.05) is 6.04 Å². The van der Waals surface area contributed by atoms with E-state index in [0.29, 0.717) is 6.04 Å². The molecule has 2 saturated carbocycles. The Balaban J connectivity index is 1.89. The maximum Gasteiger partial charge on any atom is 0.237 e. The Morgan fingerprint density at radius 2 is 1.62 bits per heavy atom. The third kappa shape index (κ3) is 2.76. The average Bonchev–Trinajstić information content (AvgIpc) is 3.00. The van der Waals surface area contributed by atoms with E-state index in [2.05, 4.69) is 5.32 Å². The van der Waals surface area contributed by atoms with Crippen LogP contribution in [0.4, 0.5) is 0 Å². The van der Waals surface area contributed by atoms with Gasteiger partial charge in [-0.05, 0) is 42.9 Å². The lowest BCUT2D eigenvalue weighted by Crippen LogP contribution is -2.52. The number of amides is 1. The van der Waals surface area contributed by atoms with E-state index in [0.717, 1.165) is 11.8 Å². The van der Waals surface area contributed by atoms with E-state index >= 15 is 0 Å². The molecule has 0 bridgehead atoms. The minimum Gasteiger partial charge on any atom is -0.351 e. The minimum absolute atomic E-state index is 0.0382. The van der Waals surface area contributed by atoms with Crippen LogP contribution in [0.5, 0.6) is 0 Å². The van der Waals surface area contributed by atoms with Crippen molar-refractivity contribution in [2.45, 2.75) is 58.5 Å². The molecule has 16 heavy (non-hydrogen) atoms. The van der Waals surface area contributed by atoms with Crippen molar-refractivity contribution in [3.8, 4) is 0 Å². The number of carbonyl (C=O) groups excluding carboxylic acids is 1. The largest absolute Gasteiger partial charge is 0.351 e. The zero-order chi connectivity index (χ0) is 11.9. The first-order valence-electron chi connectivity index (χ1n) is 6.45. The monoisotopic (exact) mass is 224 g/mol. The fourth-order valence-corrected chi connectivity index (χ4v) is 2.18. The van der Waals surface area contributed by atoms with Crippen LogP contribution in [-0.4, -0.2) is 18.0 Å². The summed E-state index contributed by atoms with van der Waals surface area (Å²) in [7, 11) is 0. The second kappa shape index (κ2) is 4.02. The molecule has 0 aromatic carbocycles. The van der Waals surface area contributed by atoms with Crippen LogP contribution in [0.1, 0.15) is 46.5 Å². The zero-order valence-electron chi connectivity index (χ0n) is 10.6. The van der Waals surface area contributed by atoms with Gasteiger partial charge >= 0.3 is 0 Å². The lowest BCUT2D eigenvalue weighted by molar-refractivity contribution is -0.125. The first-order valence-corrected chi connectivity index (χ1v) is 6.45. The number of hydrogen-bond acceptors (Lipinski definition) is 2. The maximum atomic E-state index is 12.0. The third-order valence-electron chi connectivity index (χ3n) is 3.78. The standard InChI is InChI=1S/C13H24N2O/c1-13(2,3)11(14)12(16)15-10(8-4-5-8)9-6-7-9/h8-11H,4-7,14H2,1-3H3,(H,15,16). The predicted octanol–water partition coefficient (Wildman–Crippen LogP) is 1.66. The molecule has 3 N–H and O–H groups in total. The van der Waals surface area contributed by atoms with Gasteiger partial charge in [0.2, 0.25) is 5.91 Å². The van der Waals surface area contributed by atoms with Crippen LogP contribution in [-0.2, 0) is 4.79 Å². The van der Waals surface area contributed by atoms with Gasteiger partial charge < -0.3 is 11.1 Å². The summed E-state index contributed by atoms with van der Waals surface area (Å²) < 4.78 is 0. The van der Waals surface area contributed by atoms with Crippen molar-refractivity contribution >= 4 is 5.91 Å². The van der Waals surface area contributed by atoms with E-state index in [1.54, 1.807) is 0 Å². The van der Waals surface area contributed by atoms with Gasteiger partial charge in [-0.2, -0.15) is 0 Å². The smallest absolute Gasteiger partial charge is 0.237 e. The Morgan fingerprint density at radius 3 is 1.94 bits per heavy atom. The highest BCUT2D eigenvalue weighted by atomic mass is 16.2. The topological polar surface area (TPSA) is 55.1 Å². The number of nitrogens with one attached hydrogen (secondary N) is 1. The van der Waals surface area contributed by atoms with E-state index < -0.39 is 6.04 Å². The van der Waals surface area contributed by atoms with Crippen LogP contribution in [0, 0.1) is 17.3 Å². The summed E-state index contributed by atoms with van der Waals surface area (Å²) in [5.41, 5.74) is 5.82. The van der Waals surface area contributed by atoms with Gasteiger partial charge in [-0.1, -0.05) is 20.8 Å². The molecule has 2 aliphatic rings.